The molecule has 7 heteroatoms. The van der Waals surface area contributed by atoms with Gasteiger partial charge in [-0.25, -0.2) is 4.39 Å². The number of piperazine rings is 1. The van der Waals surface area contributed by atoms with E-state index in [9.17, 15) is 14.0 Å². The lowest BCUT2D eigenvalue weighted by atomic mass is 10.2. The first kappa shape index (κ1) is 14.4. The second-order valence-electron chi connectivity index (χ2n) is 4.63. The van der Waals surface area contributed by atoms with Crippen LogP contribution >= 0.6 is 0 Å². The molecular weight excluding hydrogens is 265 g/mol. The molecule has 1 aromatic rings. The molecule has 0 aromatic carbocycles. The molecular formula is C13H16FN3O3. The van der Waals surface area contributed by atoms with Gasteiger partial charge < -0.3 is 10.0 Å². The lowest BCUT2D eigenvalue weighted by molar-refractivity contribution is -0.137. The Kier molecular flexibility index (Phi) is 4.62. The Bertz CT molecular complexity index is 501. The number of rotatable bonds is 4. The largest absolute Gasteiger partial charge is 0.481 e. The van der Waals surface area contributed by atoms with Crippen LogP contribution in [0.4, 0.5) is 4.39 Å². The molecule has 1 aliphatic heterocycles. The van der Waals surface area contributed by atoms with Crippen molar-refractivity contribution in [3.05, 3.63) is 29.8 Å². The number of nitrogens with zero attached hydrogens (tertiary/aromatic N) is 3. The van der Waals surface area contributed by atoms with Crippen molar-refractivity contribution >= 4 is 11.9 Å². The molecule has 0 bridgehead atoms. The lowest BCUT2D eigenvalue weighted by Crippen LogP contribution is -2.49. The van der Waals surface area contributed by atoms with Crippen molar-refractivity contribution in [3.63, 3.8) is 0 Å². The molecule has 0 aliphatic carbocycles. The van der Waals surface area contributed by atoms with Crippen molar-refractivity contribution in [2.45, 2.75) is 6.42 Å². The highest BCUT2D eigenvalue weighted by molar-refractivity contribution is 5.94. The number of halogens is 1. The molecule has 20 heavy (non-hydrogen) atoms. The molecule has 1 saturated heterocycles. The molecule has 0 saturated carbocycles. The van der Waals surface area contributed by atoms with Crippen LogP contribution in [0.25, 0.3) is 0 Å². The van der Waals surface area contributed by atoms with Gasteiger partial charge in [0.25, 0.3) is 5.91 Å². The molecule has 6 nitrogen and oxygen atoms in total. The first-order valence-electron chi connectivity index (χ1n) is 6.41. The van der Waals surface area contributed by atoms with Crippen LogP contribution in [0.2, 0.25) is 0 Å². The molecule has 0 atom stereocenters. The summed E-state index contributed by atoms with van der Waals surface area (Å²) in [7, 11) is 0. The van der Waals surface area contributed by atoms with Gasteiger partial charge in [-0.3, -0.25) is 19.5 Å². The molecule has 1 N–H and O–H groups in total. The van der Waals surface area contributed by atoms with E-state index in [-0.39, 0.29) is 17.9 Å². The lowest BCUT2D eigenvalue weighted by Gasteiger charge is -2.34. The SMILES string of the molecule is O=C(O)CCN1CCN(C(=O)c2ccncc2F)CC1. The Morgan fingerprint density at radius 1 is 1.30 bits per heavy atom. The van der Waals surface area contributed by atoms with Crippen LogP contribution in [-0.4, -0.2) is 64.5 Å². The first-order chi connectivity index (χ1) is 9.58. The fourth-order valence-electron chi connectivity index (χ4n) is 2.15. The maximum absolute atomic E-state index is 13.5. The van der Waals surface area contributed by atoms with Gasteiger partial charge in [0.2, 0.25) is 0 Å². The zero-order valence-corrected chi connectivity index (χ0v) is 11.0. The molecule has 1 aromatic heterocycles. The van der Waals surface area contributed by atoms with Gasteiger partial charge in [-0.2, -0.15) is 0 Å². The summed E-state index contributed by atoms with van der Waals surface area (Å²) < 4.78 is 13.5. The normalized spacial score (nSPS) is 16.1. The summed E-state index contributed by atoms with van der Waals surface area (Å²) in [5.41, 5.74) is 0.0268. The number of carboxylic acid groups (broad SMARTS) is 1. The number of amides is 1. The van der Waals surface area contributed by atoms with E-state index in [2.05, 4.69) is 4.98 Å². The number of carbonyl (C=O) groups excluding carboxylic acids is 1. The predicted molar refractivity (Wildman–Crippen MR) is 68.8 cm³/mol. The van der Waals surface area contributed by atoms with E-state index in [0.717, 1.165) is 6.20 Å². The zero-order chi connectivity index (χ0) is 14.5. The third-order valence-corrected chi connectivity index (χ3v) is 3.30. The topological polar surface area (TPSA) is 73.7 Å². The number of aliphatic carboxylic acids is 1. The minimum atomic E-state index is -0.831. The smallest absolute Gasteiger partial charge is 0.304 e. The molecule has 2 heterocycles. The van der Waals surface area contributed by atoms with Crippen LogP contribution in [0.3, 0.4) is 0 Å². The summed E-state index contributed by atoms with van der Waals surface area (Å²) in [6, 6.07) is 1.37. The second-order valence-corrected chi connectivity index (χ2v) is 4.63. The number of aromatic nitrogens is 1. The fraction of sp³-hybridized carbons (Fsp3) is 0.462. The third kappa shape index (κ3) is 3.51. The van der Waals surface area contributed by atoms with E-state index in [1.807, 2.05) is 4.90 Å². The molecule has 0 unspecified atom stereocenters. The van der Waals surface area contributed by atoms with E-state index in [1.165, 1.54) is 12.3 Å². The minimum Gasteiger partial charge on any atom is -0.481 e. The van der Waals surface area contributed by atoms with Gasteiger partial charge in [0.15, 0.2) is 5.82 Å². The maximum atomic E-state index is 13.5. The van der Waals surface area contributed by atoms with Crippen LogP contribution in [0.1, 0.15) is 16.8 Å². The van der Waals surface area contributed by atoms with Crippen molar-refractivity contribution in [1.82, 2.24) is 14.8 Å². The van der Waals surface area contributed by atoms with Crippen molar-refractivity contribution in [1.29, 1.82) is 0 Å². The van der Waals surface area contributed by atoms with Crippen LogP contribution in [0.15, 0.2) is 18.5 Å². The van der Waals surface area contributed by atoms with Gasteiger partial charge >= 0.3 is 5.97 Å². The molecule has 0 radical (unpaired) electrons. The van der Waals surface area contributed by atoms with Gasteiger partial charge in [-0.05, 0) is 6.07 Å². The Labute approximate surface area is 115 Å². The summed E-state index contributed by atoms with van der Waals surface area (Å²) in [6.07, 6.45) is 2.50. The number of carbonyl (C=O) groups is 2. The van der Waals surface area contributed by atoms with Gasteiger partial charge in [0, 0.05) is 38.9 Å². The molecule has 0 spiro atoms. The van der Waals surface area contributed by atoms with E-state index >= 15 is 0 Å². The molecule has 1 fully saturated rings. The van der Waals surface area contributed by atoms with E-state index in [0.29, 0.717) is 32.7 Å². The molecule has 2 rings (SSSR count). The predicted octanol–water partition coefficient (Wildman–Crippen LogP) is 0.453. The number of pyridine rings is 1. The average molecular weight is 281 g/mol. The first-order valence-corrected chi connectivity index (χ1v) is 6.41. The highest BCUT2D eigenvalue weighted by atomic mass is 19.1. The molecule has 108 valence electrons. The average Bonchev–Trinajstić information content (AvgIpc) is 2.45. The van der Waals surface area contributed by atoms with Crippen molar-refractivity contribution in [3.8, 4) is 0 Å². The quantitative estimate of drug-likeness (QED) is 0.867. The summed E-state index contributed by atoms with van der Waals surface area (Å²) in [4.78, 5) is 29.8. The van der Waals surface area contributed by atoms with Crippen LogP contribution in [-0.2, 0) is 4.79 Å². The van der Waals surface area contributed by atoms with E-state index in [4.69, 9.17) is 5.11 Å². The highest BCUT2D eigenvalue weighted by Gasteiger charge is 2.24. The van der Waals surface area contributed by atoms with Crippen LogP contribution in [0.5, 0.6) is 0 Å². The Morgan fingerprint density at radius 3 is 2.60 bits per heavy atom. The standard InChI is InChI=1S/C13H16FN3O3/c14-11-9-15-3-1-10(11)13(20)17-7-5-16(6-8-17)4-2-12(18)19/h1,3,9H,2,4-8H2,(H,18,19). The minimum absolute atomic E-state index is 0.0268. The van der Waals surface area contributed by atoms with Gasteiger partial charge in [-0.1, -0.05) is 0 Å². The van der Waals surface area contributed by atoms with E-state index in [1.54, 1.807) is 4.90 Å². The van der Waals surface area contributed by atoms with Gasteiger partial charge in [-0.15, -0.1) is 0 Å². The molecule has 1 aliphatic rings. The zero-order valence-electron chi connectivity index (χ0n) is 11.0. The van der Waals surface area contributed by atoms with Crippen LogP contribution < -0.4 is 0 Å². The van der Waals surface area contributed by atoms with Crippen LogP contribution in [0, 0.1) is 5.82 Å². The number of hydrogen-bond acceptors (Lipinski definition) is 4. The Morgan fingerprint density at radius 2 is 2.00 bits per heavy atom. The second kappa shape index (κ2) is 6.42. The maximum Gasteiger partial charge on any atom is 0.304 e. The number of carboxylic acids is 1. The fourth-order valence-corrected chi connectivity index (χ4v) is 2.15. The third-order valence-electron chi connectivity index (χ3n) is 3.30. The van der Waals surface area contributed by atoms with Crippen molar-refractivity contribution < 1.29 is 19.1 Å². The monoisotopic (exact) mass is 281 g/mol. The van der Waals surface area contributed by atoms with Gasteiger partial charge in [0.05, 0.1) is 18.2 Å². The van der Waals surface area contributed by atoms with Crippen molar-refractivity contribution in [2.75, 3.05) is 32.7 Å². The summed E-state index contributed by atoms with van der Waals surface area (Å²) in [5.74, 6) is -1.80. The Balaban J connectivity index is 1.89. The van der Waals surface area contributed by atoms with E-state index < -0.39 is 11.8 Å². The van der Waals surface area contributed by atoms with Crippen molar-refractivity contribution in [2.24, 2.45) is 0 Å². The summed E-state index contributed by atoms with van der Waals surface area (Å²) in [6.45, 7) is 2.62. The summed E-state index contributed by atoms with van der Waals surface area (Å²) in [5, 5.41) is 8.62. The molecule has 1 amide bonds. The highest BCUT2D eigenvalue weighted by Crippen LogP contribution is 2.11. The number of hydrogen-bond donors (Lipinski definition) is 1. The summed E-state index contributed by atoms with van der Waals surface area (Å²) >= 11 is 0. The van der Waals surface area contributed by atoms with Gasteiger partial charge in [0.1, 0.15) is 0 Å². The Hall–Kier alpha value is -2.02.